The molecule has 1 aromatic rings. The first-order chi connectivity index (χ1) is 12.6. The lowest BCUT2D eigenvalue weighted by Crippen LogP contribution is -2.39. The zero-order chi connectivity index (χ0) is 18.8. The van der Waals surface area contributed by atoms with Crippen molar-refractivity contribution >= 4 is 23.5 Å². The van der Waals surface area contributed by atoms with Crippen LogP contribution < -0.4 is 20.9 Å². The van der Waals surface area contributed by atoms with E-state index in [4.69, 9.17) is 0 Å². The molecule has 0 aromatic heterocycles. The van der Waals surface area contributed by atoms with Crippen LogP contribution in [0.2, 0.25) is 0 Å². The number of nitrogens with one attached hydrogen (secondary N) is 3. The smallest absolute Gasteiger partial charge is 0.227 e. The number of benzene rings is 1. The van der Waals surface area contributed by atoms with Gasteiger partial charge in [-0.05, 0) is 30.5 Å². The maximum atomic E-state index is 11.8. The summed E-state index contributed by atoms with van der Waals surface area (Å²) in [5.74, 6) is 0.900. The number of amides is 2. The molecule has 3 N–H and O–H groups in total. The summed E-state index contributed by atoms with van der Waals surface area (Å²) in [5, 5.41) is 9.21. The van der Waals surface area contributed by atoms with Crippen LogP contribution in [0.5, 0.6) is 0 Å². The summed E-state index contributed by atoms with van der Waals surface area (Å²) < 4.78 is 0. The van der Waals surface area contributed by atoms with E-state index >= 15 is 0 Å². The van der Waals surface area contributed by atoms with Gasteiger partial charge in [0.15, 0.2) is 5.96 Å². The van der Waals surface area contributed by atoms with E-state index in [1.807, 2.05) is 36.1 Å². The summed E-state index contributed by atoms with van der Waals surface area (Å²) in [5.41, 5.74) is 2.06. The van der Waals surface area contributed by atoms with Gasteiger partial charge in [0.1, 0.15) is 0 Å². The van der Waals surface area contributed by atoms with Gasteiger partial charge >= 0.3 is 0 Å². The molecule has 0 spiro atoms. The maximum Gasteiger partial charge on any atom is 0.227 e. The molecule has 1 aliphatic heterocycles. The Bertz CT molecular complexity index is 627. The van der Waals surface area contributed by atoms with Crippen molar-refractivity contribution in [3.05, 3.63) is 29.8 Å². The highest BCUT2D eigenvalue weighted by Gasteiger charge is 2.21. The first-order valence-electron chi connectivity index (χ1n) is 9.24. The molecule has 26 heavy (non-hydrogen) atoms. The second kappa shape index (κ2) is 10.4. The third-order valence-corrected chi connectivity index (χ3v) is 4.22. The van der Waals surface area contributed by atoms with Gasteiger partial charge in [-0.3, -0.25) is 14.6 Å². The zero-order valence-electron chi connectivity index (χ0n) is 15.7. The Morgan fingerprint density at radius 1 is 1.15 bits per heavy atom. The summed E-state index contributed by atoms with van der Waals surface area (Å²) in [6.07, 6.45) is 2.93. The molecule has 7 heteroatoms. The zero-order valence-corrected chi connectivity index (χ0v) is 15.7. The van der Waals surface area contributed by atoms with Crippen LogP contribution in [-0.2, 0) is 16.1 Å². The second-order valence-electron chi connectivity index (χ2n) is 6.27. The van der Waals surface area contributed by atoms with Crippen LogP contribution in [0.3, 0.4) is 0 Å². The molecule has 1 aliphatic rings. The maximum absolute atomic E-state index is 11.8. The Morgan fingerprint density at radius 3 is 2.54 bits per heavy atom. The van der Waals surface area contributed by atoms with Gasteiger partial charge in [0.05, 0.1) is 0 Å². The van der Waals surface area contributed by atoms with Gasteiger partial charge in [-0.15, -0.1) is 0 Å². The average Bonchev–Trinajstić information content (AvgIpc) is 3.09. The molecule has 2 rings (SSSR count). The minimum atomic E-state index is 0.0434. The molecular weight excluding hydrogens is 330 g/mol. The molecule has 1 aromatic carbocycles. The van der Waals surface area contributed by atoms with E-state index in [0.29, 0.717) is 38.4 Å². The highest BCUT2D eigenvalue weighted by molar-refractivity contribution is 5.95. The van der Waals surface area contributed by atoms with Crippen molar-refractivity contribution in [2.75, 3.05) is 31.6 Å². The first-order valence-corrected chi connectivity index (χ1v) is 9.24. The number of aliphatic imine (C=N–C) groups is 1. The largest absolute Gasteiger partial charge is 0.356 e. The molecule has 0 atom stereocenters. The van der Waals surface area contributed by atoms with Gasteiger partial charge in [-0.1, -0.05) is 19.1 Å². The number of hydrogen-bond acceptors (Lipinski definition) is 3. The van der Waals surface area contributed by atoms with Crippen molar-refractivity contribution in [1.82, 2.24) is 16.0 Å². The van der Waals surface area contributed by atoms with Crippen LogP contribution in [0.4, 0.5) is 5.69 Å². The minimum absolute atomic E-state index is 0.0434. The van der Waals surface area contributed by atoms with Crippen molar-refractivity contribution < 1.29 is 9.59 Å². The highest BCUT2D eigenvalue weighted by Crippen LogP contribution is 2.21. The topological polar surface area (TPSA) is 85.8 Å². The molecule has 1 heterocycles. The molecule has 2 amide bonds. The summed E-state index contributed by atoms with van der Waals surface area (Å²) in [7, 11) is 1.70. The van der Waals surface area contributed by atoms with E-state index in [2.05, 4.69) is 20.9 Å². The molecule has 1 fully saturated rings. The van der Waals surface area contributed by atoms with Gasteiger partial charge < -0.3 is 20.9 Å². The van der Waals surface area contributed by atoms with Gasteiger partial charge in [-0.2, -0.15) is 0 Å². The van der Waals surface area contributed by atoms with Gasteiger partial charge in [-0.25, -0.2) is 0 Å². The number of rotatable bonds is 8. The standard InChI is InChI=1S/C19H29N5O2/c1-3-11-21-17(25)10-12-22-19(20-2)23-14-15-6-8-16(9-7-15)24-13-4-5-18(24)26/h6-9H,3-5,10-14H2,1-2H3,(H,21,25)(H2,20,22,23). The fourth-order valence-corrected chi connectivity index (χ4v) is 2.77. The summed E-state index contributed by atoms with van der Waals surface area (Å²) in [6.45, 7) is 4.70. The van der Waals surface area contributed by atoms with Gasteiger partial charge in [0, 0.05) is 51.8 Å². The fraction of sp³-hybridized carbons (Fsp3) is 0.526. The number of carbonyl (C=O) groups excluding carboxylic acids is 2. The number of carbonyl (C=O) groups is 2. The lowest BCUT2D eigenvalue weighted by molar-refractivity contribution is -0.121. The summed E-state index contributed by atoms with van der Waals surface area (Å²) >= 11 is 0. The number of nitrogens with zero attached hydrogens (tertiary/aromatic N) is 2. The monoisotopic (exact) mass is 359 g/mol. The number of anilines is 1. The van der Waals surface area contributed by atoms with E-state index in [1.165, 1.54) is 0 Å². The van der Waals surface area contributed by atoms with Crippen molar-refractivity contribution in [3.63, 3.8) is 0 Å². The predicted octanol–water partition coefficient (Wildman–Crippen LogP) is 1.39. The number of guanidine groups is 1. The van der Waals surface area contributed by atoms with Crippen LogP contribution in [0, 0.1) is 0 Å². The molecule has 7 nitrogen and oxygen atoms in total. The Morgan fingerprint density at radius 2 is 1.92 bits per heavy atom. The third-order valence-electron chi connectivity index (χ3n) is 4.22. The van der Waals surface area contributed by atoms with Crippen molar-refractivity contribution in [3.8, 4) is 0 Å². The Kier molecular flexibility index (Phi) is 7.92. The van der Waals surface area contributed by atoms with Crippen LogP contribution >= 0.6 is 0 Å². The molecular formula is C19H29N5O2. The molecule has 0 aliphatic carbocycles. The van der Waals surface area contributed by atoms with E-state index < -0.39 is 0 Å². The van der Waals surface area contributed by atoms with Crippen LogP contribution in [0.15, 0.2) is 29.3 Å². The molecule has 0 radical (unpaired) electrons. The fourth-order valence-electron chi connectivity index (χ4n) is 2.77. The van der Waals surface area contributed by atoms with E-state index in [9.17, 15) is 9.59 Å². The van der Waals surface area contributed by atoms with Crippen molar-refractivity contribution in [1.29, 1.82) is 0 Å². The molecule has 142 valence electrons. The average molecular weight is 359 g/mol. The van der Waals surface area contributed by atoms with E-state index in [1.54, 1.807) is 7.05 Å². The quantitative estimate of drug-likeness (QED) is 0.484. The molecule has 0 bridgehead atoms. The van der Waals surface area contributed by atoms with Gasteiger partial charge in [0.25, 0.3) is 0 Å². The van der Waals surface area contributed by atoms with Crippen LogP contribution in [0.1, 0.15) is 38.2 Å². The first kappa shape index (κ1) is 19.8. The van der Waals surface area contributed by atoms with Gasteiger partial charge in [0.2, 0.25) is 11.8 Å². The lowest BCUT2D eigenvalue weighted by atomic mass is 10.2. The van der Waals surface area contributed by atoms with Crippen molar-refractivity contribution in [2.45, 2.75) is 39.2 Å². The van der Waals surface area contributed by atoms with E-state index in [0.717, 1.165) is 30.6 Å². The Labute approximate surface area is 155 Å². The number of hydrogen-bond donors (Lipinski definition) is 3. The van der Waals surface area contributed by atoms with Crippen molar-refractivity contribution in [2.24, 2.45) is 4.99 Å². The SMILES string of the molecule is CCCNC(=O)CCNC(=NC)NCc1ccc(N2CCCC2=O)cc1. The molecule has 1 saturated heterocycles. The summed E-state index contributed by atoms with van der Waals surface area (Å²) in [4.78, 5) is 29.4. The van der Waals surface area contributed by atoms with Crippen LogP contribution in [-0.4, -0.2) is 44.5 Å². The Balaban J connectivity index is 1.74. The normalized spacial score (nSPS) is 14.5. The highest BCUT2D eigenvalue weighted by atomic mass is 16.2. The lowest BCUT2D eigenvalue weighted by Gasteiger charge is -2.16. The minimum Gasteiger partial charge on any atom is -0.356 e. The molecule has 0 saturated carbocycles. The predicted molar refractivity (Wildman–Crippen MR) is 104 cm³/mol. The third kappa shape index (κ3) is 6.06. The van der Waals surface area contributed by atoms with Crippen LogP contribution in [0.25, 0.3) is 0 Å². The Hall–Kier alpha value is -2.57. The summed E-state index contributed by atoms with van der Waals surface area (Å²) in [6, 6.07) is 7.99. The second-order valence-corrected chi connectivity index (χ2v) is 6.27. The molecule has 0 unspecified atom stereocenters. The van der Waals surface area contributed by atoms with E-state index in [-0.39, 0.29) is 11.8 Å².